The number of carbonyl (C=O) groups is 1. The quantitative estimate of drug-likeness (QED) is 0.892. The van der Waals surface area contributed by atoms with Crippen molar-refractivity contribution in [1.82, 2.24) is 4.90 Å². The zero-order valence-electron chi connectivity index (χ0n) is 10.9. The Morgan fingerprint density at radius 2 is 2.22 bits per heavy atom. The van der Waals surface area contributed by atoms with Crippen molar-refractivity contribution in [3.05, 3.63) is 29.8 Å². The van der Waals surface area contributed by atoms with Gasteiger partial charge in [0.25, 0.3) is 0 Å². The van der Waals surface area contributed by atoms with Crippen molar-refractivity contribution >= 4 is 5.91 Å². The molecule has 1 unspecified atom stereocenters. The van der Waals surface area contributed by atoms with Crippen molar-refractivity contribution in [3.63, 3.8) is 0 Å². The summed E-state index contributed by atoms with van der Waals surface area (Å²) in [5.74, 6) is 0.997. The number of phenolic OH excluding ortho intramolecular Hbond substituents is 1. The van der Waals surface area contributed by atoms with Crippen LogP contribution in [-0.4, -0.2) is 29.0 Å². The number of rotatable bonds is 3. The van der Waals surface area contributed by atoms with E-state index in [0.29, 0.717) is 12.3 Å². The van der Waals surface area contributed by atoms with Gasteiger partial charge in [-0.3, -0.25) is 4.79 Å². The van der Waals surface area contributed by atoms with Gasteiger partial charge in [-0.05, 0) is 24.8 Å². The Bertz CT molecular complexity index is 417. The Kier molecular flexibility index (Phi) is 4.24. The van der Waals surface area contributed by atoms with Crippen LogP contribution in [0.4, 0.5) is 0 Å². The average Bonchev–Trinajstić information content (AvgIpc) is 2.41. The maximum absolute atomic E-state index is 12.2. The second-order valence-electron chi connectivity index (χ2n) is 5.06. The highest BCUT2D eigenvalue weighted by Crippen LogP contribution is 2.21. The van der Waals surface area contributed by atoms with E-state index in [1.807, 2.05) is 17.0 Å². The average molecular weight is 247 g/mol. The van der Waals surface area contributed by atoms with Crippen LogP contribution < -0.4 is 0 Å². The third-order valence-corrected chi connectivity index (χ3v) is 3.78. The summed E-state index contributed by atoms with van der Waals surface area (Å²) in [6.07, 6.45) is 3.78. The van der Waals surface area contributed by atoms with E-state index in [-0.39, 0.29) is 11.7 Å². The highest BCUT2D eigenvalue weighted by Gasteiger charge is 2.22. The van der Waals surface area contributed by atoms with Gasteiger partial charge in [0.1, 0.15) is 5.75 Å². The van der Waals surface area contributed by atoms with Crippen LogP contribution in [0.2, 0.25) is 0 Å². The van der Waals surface area contributed by atoms with Crippen LogP contribution in [0.25, 0.3) is 0 Å². The fourth-order valence-corrected chi connectivity index (χ4v) is 2.56. The molecular formula is C15H21NO2. The minimum Gasteiger partial charge on any atom is -0.508 e. The number of amides is 1. The highest BCUT2D eigenvalue weighted by molar-refractivity contribution is 5.79. The molecule has 1 amide bonds. The van der Waals surface area contributed by atoms with Gasteiger partial charge >= 0.3 is 0 Å². The first kappa shape index (κ1) is 12.9. The summed E-state index contributed by atoms with van der Waals surface area (Å²) in [6.45, 7) is 3.92. The molecule has 1 N–H and O–H groups in total. The van der Waals surface area contributed by atoms with Crippen molar-refractivity contribution in [2.24, 2.45) is 5.92 Å². The number of para-hydroxylation sites is 1. The summed E-state index contributed by atoms with van der Waals surface area (Å²) in [4.78, 5) is 14.1. The molecule has 3 nitrogen and oxygen atoms in total. The van der Waals surface area contributed by atoms with Gasteiger partial charge in [-0.25, -0.2) is 0 Å². The van der Waals surface area contributed by atoms with E-state index < -0.39 is 0 Å². The molecule has 18 heavy (non-hydrogen) atoms. The summed E-state index contributed by atoms with van der Waals surface area (Å²) in [5.41, 5.74) is 0.723. The largest absolute Gasteiger partial charge is 0.508 e. The van der Waals surface area contributed by atoms with Gasteiger partial charge in [-0.15, -0.1) is 0 Å². The lowest BCUT2D eigenvalue weighted by Gasteiger charge is -2.32. The predicted octanol–water partition coefficient (Wildman–Crippen LogP) is 2.58. The molecule has 1 heterocycles. The summed E-state index contributed by atoms with van der Waals surface area (Å²) >= 11 is 0. The Morgan fingerprint density at radius 1 is 1.44 bits per heavy atom. The molecule has 0 aromatic heterocycles. The molecule has 1 aromatic rings. The fraction of sp³-hybridized carbons (Fsp3) is 0.533. The van der Waals surface area contributed by atoms with Crippen LogP contribution in [-0.2, 0) is 11.2 Å². The Labute approximate surface area is 108 Å². The van der Waals surface area contributed by atoms with Crippen molar-refractivity contribution in [3.8, 4) is 5.75 Å². The molecule has 0 spiro atoms. The van der Waals surface area contributed by atoms with E-state index in [1.165, 1.54) is 6.42 Å². The second kappa shape index (κ2) is 5.89. The zero-order chi connectivity index (χ0) is 13.0. The zero-order valence-corrected chi connectivity index (χ0v) is 10.9. The van der Waals surface area contributed by atoms with Crippen molar-refractivity contribution in [2.75, 3.05) is 13.1 Å². The molecular weight excluding hydrogens is 226 g/mol. The lowest BCUT2D eigenvalue weighted by Crippen LogP contribution is -2.40. The van der Waals surface area contributed by atoms with E-state index in [0.717, 1.165) is 31.5 Å². The van der Waals surface area contributed by atoms with E-state index in [4.69, 9.17) is 0 Å². The number of benzene rings is 1. The lowest BCUT2D eigenvalue weighted by molar-refractivity contribution is -0.132. The van der Waals surface area contributed by atoms with Crippen LogP contribution >= 0.6 is 0 Å². The maximum Gasteiger partial charge on any atom is 0.227 e. The number of likely N-dealkylation sites (tertiary alicyclic amines) is 1. The highest BCUT2D eigenvalue weighted by atomic mass is 16.3. The van der Waals surface area contributed by atoms with Gasteiger partial charge in [0.15, 0.2) is 0 Å². The minimum atomic E-state index is 0.134. The van der Waals surface area contributed by atoms with Gasteiger partial charge in [0, 0.05) is 18.7 Å². The Morgan fingerprint density at radius 3 is 2.94 bits per heavy atom. The molecule has 3 heteroatoms. The summed E-state index contributed by atoms with van der Waals surface area (Å²) in [7, 11) is 0. The minimum absolute atomic E-state index is 0.134. The molecule has 1 fully saturated rings. The molecule has 1 atom stereocenters. The molecule has 0 radical (unpaired) electrons. The van der Waals surface area contributed by atoms with Crippen LogP contribution in [0.3, 0.4) is 0 Å². The molecule has 1 saturated heterocycles. The molecule has 1 aromatic carbocycles. The van der Waals surface area contributed by atoms with Crippen molar-refractivity contribution in [2.45, 2.75) is 32.6 Å². The standard InChI is InChI=1S/C15H21NO2/c1-2-12-6-5-9-16(11-12)15(18)10-13-7-3-4-8-14(13)17/h3-4,7-8,12,17H,2,5-6,9-11H2,1H3. The van der Waals surface area contributed by atoms with Crippen molar-refractivity contribution in [1.29, 1.82) is 0 Å². The predicted molar refractivity (Wildman–Crippen MR) is 71.4 cm³/mol. The lowest BCUT2D eigenvalue weighted by atomic mass is 9.95. The molecule has 1 aliphatic heterocycles. The molecule has 0 aliphatic carbocycles. The Balaban J connectivity index is 1.97. The van der Waals surface area contributed by atoms with Crippen LogP contribution in [0.5, 0.6) is 5.75 Å². The van der Waals surface area contributed by atoms with Crippen LogP contribution in [0.15, 0.2) is 24.3 Å². The summed E-state index contributed by atoms with van der Waals surface area (Å²) < 4.78 is 0. The van der Waals surface area contributed by atoms with Crippen LogP contribution in [0, 0.1) is 5.92 Å². The number of nitrogens with zero attached hydrogens (tertiary/aromatic N) is 1. The fourth-order valence-electron chi connectivity index (χ4n) is 2.56. The molecule has 98 valence electrons. The Hall–Kier alpha value is -1.51. The normalized spacial score (nSPS) is 19.8. The van der Waals surface area contributed by atoms with E-state index >= 15 is 0 Å². The third-order valence-electron chi connectivity index (χ3n) is 3.78. The molecule has 0 saturated carbocycles. The maximum atomic E-state index is 12.2. The second-order valence-corrected chi connectivity index (χ2v) is 5.06. The number of hydrogen-bond donors (Lipinski definition) is 1. The molecule has 2 rings (SSSR count). The number of carbonyl (C=O) groups excluding carboxylic acids is 1. The van der Waals surface area contributed by atoms with Gasteiger partial charge in [0.05, 0.1) is 6.42 Å². The monoisotopic (exact) mass is 247 g/mol. The van der Waals surface area contributed by atoms with Gasteiger partial charge in [-0.1, -0.05) is 31.5 Å². The van der Waals surface area contributed by atoms with Crippen molar-refractivity contribution < 1.29 is 9.90 Å². The number of piperidine rings is 1. The summed E-state index contributed by atoms with van der Waals surface area (Å²) in [5, 5.41) is 9.69. The van der Waals surface area contributed by atoms with Gasteiger partial charge < -0.3 is 10.0 Å². The van der Waals surface area contributed by atoms with Gasteiger partial charge in [0.2, 0.25) is 5.91 Å². The number of hydrogen-bond acceptors (Lipinski definition) is 2. The first-order valence-electron chi connectivity index (χ1n) is 6.75. The summed E-state index contributed by atoms with van der Waals surface area (Å²) in [6, 6.07) is 7.08. The van der Waals surface area contributed by atoms with E-state index in [9.17, 15) is 9.90 Å². The molecule has 0 bridgehead atoms. The van der Waals surface area contributed by atoms with Gasteiger partial charge in [-0.2, -0.15) is 0 Å². The number of phenols is 1. The first-order valence-corrected chi connectivity index (χ1v) is 6.75. The number of aromatic hydroxyl groups is 1. The van der Waals surface area contributed by atoms with E-state index in [2.05, 4.69) is 6.92 Å². The SMILES string of the molecule is CCC1CCCN(C(=O)Cc2ccccc2O)C1. The first-order chi connectivity index (χ1) is 8.70. The van der Waals surface area contributed by atoms with E-state index in [1.54, 1.807) is 12.1 Å². The third kappa shape index (κ3) is 3.03. The van der Waals surface area contributed by atoms with Crippen LogP contribution in [0.1, 0.15) is 31.7 Å². The topological polar surface area (TPSA) is 40.5 Å². The smallest absolute Gasteiger partial charge is 0.227 e. The molecule has 1 aliphatic rings.